The first-order valence-corrected chi connectivity index (χ1v) is 13.3. The maximum absolute atomic E-state index is 13.3. The molecule has 0 saturated heterocycles. The number of amides is 3. The minimum atomic E-state index is -0.843. The van der Waals surface area contributed by atoms with E-state index in [0.29, 0.717) is 30.9 Å². The van der Waals surface area contributed by atoms with E-state index in [2.05, 4.69) is 20.9 Å². The van der Waals surface area contributed by atoms with Crippen molar-refractivity contribution in [3.8, 4) is 11.5 Å². The Morgan fingerprint density at radius 3 is 2.50 bits per heavy atom. The van der Waals surface area contributed by atoms with E-state index in [1.807, 2.05) is 60.8 Å². The van der Waals surface area contributed by atoms with Gasteiger partial charge in [-0.3, -0.25) is 14.4 Å². The Bertz CT molecular complexity index is 1500. The second-order valence-corrected chi connectivity index (χ2v) is 9.81. The van der Waals surface area contributed by atoms with E-state index < -0.39 is 18.0 Å². The molecular weight excluding hydrogens is 508 g/mol. The molecule has 0 saturated carbocycles. The smallest absolute Gasteiger partial charge is 0.242 e. The van der Waals surface area contributed by atoms with E-state index >= 15 is 0 Å². The van der Waals surface area contributed by atoms with Crippen LogP contribution in [-0.2, 0) is 33.6 Å². The van der Waals surface area contributed by atoms with Crippen molar-refractivity contribution in [2.24, 2.45) is 0 Å². The number of hydrogen-bond donors (Lipinski definition) is 4. The van der Waals surface area contributed by atoms with Crippen molar-refractivity contribution >= 4 is 28.6 Å². The number of H-pyrrole nitrogens is 1. The maximum atomic E-state index is 13.3. The number of aromatic amines is 1. The highest BCUT2D eigenvalue weighted by atomic mass is 16.7. The van der Waals surface area contributed by atoms with E-state index in [0.717, 1.165) is 27.6 Å². The Morgan fingerprint density at radius 2 is 1.65 bits per heavy atom. The van der Waals surface area contributed by atoms with Gasteiger partial charge < -0.3 is 30.4 Å². The Morgan fingerprint density at radius 1 is 0.875 bits per heavy atom. The number of para-hydroxylation sites is 1. The van der Waals surface area contributed by atoms with Gasteiger partial charge in [0.05, 0.1) is 6.42 Å². The average Bonchev–Trinajstić information content (AvgIpc) is 3.60. The molecule has 5 rings (SSSR count). The zero-order valence-corrected chi connectivity index (χ0v) is 22.2. The number of carbonyl (C=O) groups is 3. The summed E-state index contributed by atoms with van der Waals surface area (Å²) in [5, 5.41) is 9.53. The standard InChI is InChI=1S/C31H32N4O5/c1-20(34-29(36)16-22-11-12-27-28(15-22)40-19-39-27)30(37)35-26(17-23-18-33-25-10-6-5-9-24(23)25)31(38)32-14-13-21-7-3-2-4-8-21/h2-12,15,18,20,26,33H,13-14,16-17,19H2,1H3,(H,32,38)(H,34,36)(H,35,37)/t20-,26-/m0/s1. The third-order valence-corrected chi connectivity index (χ3v) is 6.86. The van der Waals surface area contributed by atoms with Crippen LogP contribution in [0.4, 0.5) is 0 Å². The molecule has 9 heteroatoms. The molecule has 1 aliphatic rings. The number of fused-ring (bicyclic) bond motifs is 2. The first kappa shape index (κ1) is 26.8. The Balaban J connectivity index is 1.21. The molecule has 0 aliphatic carbocycles. The molecule has 40 heavy (non-hydrogen) atoms. The van der Waals surface area contributed by atoms with Gasteiger partial charge in [-0.05, 0) is 48.2 Å². The van der Waals surface area contributed by atoms with Gasteiger partial charge in [0.1, 0.15) is 12.1 Å². The minimum absolute atomic E-state index is 0.0764. The SMILES string of the molecule is C[C@H](NC(=O)Cc1ccc2c(c1)OCO2)C(=O)N[C@@H](Cc1c[nH]c2ccccc12)C(=O)NCCc1ccccc1. The van der Waals surface area contributed by atoms with E-state index in [9.17, 15) is 14.4 Å². The van der Waals surface area contributed by atoms with Crippen molar-refractivity contribution in [2.75, 3.05) is 13.3 Å². The fourth-order valence-corrected chi connectivity index (χ4v) is 4.72. The summed E-state index contributed by atoms with van der Waals surface area (Å²) >= 11 is 0. The molecule has 206 valence electrons. The highest BCUT2D eigenvalue weighted by molar-refractivity contribution is 5.93. The van der Waals surface area contributed by atoms with Crippen LogP contribution in [0.15, 0.2) is 79.0 Å². The van der Waals surface area contributed by atoms with Gasteiger partial charge in [0.25, 0.3) is 0 Å². The molecular formula is C31H32N4O5. The van der Waals surface area contributed by atoms with Gasteiger partial charge >= 0.3 is 0 Å². The number of hydrogen-bond acceptors (Lipinski definition) is 5. The monoisotopic (exact) mass is 540 g/mol. The fourth-order valence-electron chi connectivity index (χ4n) is 4.72. The van der Waals surface area contributed by atoms with Crippen LogP contribution in [0.3, 0.4) is 0 Å². The van der Waals surface area contributed by atoms with E-state index in [1.165, 1.54) is 0 Å². The summed E-state index contributed by atoms with van der Waals surface area (Å²) in [6.07, 6.45) is 2.90. The Labute approximate surface area is 232 Å². The molecule has 2 atom stereocenters. The van der Waals surface area contributed by atoms with Gasteiger partial charge in [0.15, 0.2) is 11.5 Å². The van der Waals surface area contributed by atoms with Crippen molar-refractivity contribution in [1.82, 2.24) is 20.9 Å². The van der Waals surface area contributed by atoms with Crippen LogP contribution in [0, 0.1) is 0 Å². The topological polar surface area (TPSA) is 122 Å². The summed E-state index contributed by atoms with van der Waals surface area (Å²) < 4.78 is 10.7. The molecule has 0 fully saturated rings. The minimum Gasteiger partial charge on any atom is -0.454 e. The summed E-state index contributed by atoms with van der Waals surface area (Å²) in [7, 11) is 0. The zero-order chi connectivity index (χ0) is 27.9. The normalized spacial score (nSPS) is 13.4. The quantitative estimate of drug-likeness (QED) is 0.233. The molecule has 2 heterocycles. The lowest BCUT2D eigenvalue weighted by Crippen LogP contribution is -2.54. The van der Waals surface area contributed by atoms with Crippen LogP contribution >= 0.6 is 0 Å². The molecule has 1 aromatic heterocycles. The predicted octanol–water partition coefficient (Wildman–Crippen LogP) is 3.03. The molecule has 0 spiro atoms. The third-order valence-electron chi connectivity index (χ3n) is 6.86. The first-order valence-electron chi connectivity index (χ1n) is 13.3. The van der Waals surface area contributed by atoms with Crippen molar-refractivity contribution in [1.29, 1.82) is 0 Å². The number of rotatable bonds is 11. The lowest BCUT2D eigenvalue weighted by molar-refractivity contribution is -0.131. The molecule has 1 aliphatic heterocycles. The van der Waals surface area contributed by atoms with Crippen LogP contribution < -0.4 is 25.4 Å². The van der Waals surface area contributed by atoms with Crippen LogP contribution in [0.25, 0.3) is 10.9 Å². The predicted molar refractivity (Wildman–Crippen MR) is 151 cm³/mol. The molecule has 0 bridgehead atoms. The van der Waals surface area contributed by atoms with Crippen LogP contribution in [-0.4, -0.2) is 48.1 Å². The fraction of sp³-hybridized carbons (Fsp3) is 0.258. The molecule has 4 aromatic rings. The van der Waals surface area contributed by atoms with Crippen molar-refractivity contribution < 1.29 is 23.9 Å². The van der Waals surface area contributed by atoms with Crippen molar-refractivity contribution in [3.63, 3.8) is 0 Å². The van der Waals surface area contributed by atoms with Gasteiger partial charge in [-0.25, -0.2) is 0 Å². The van der Waals surface area contributed by atoms with Crippen molar-refractivity contribution in [3.05, 3.63) is 95.7 Å². The summed E-state index contributed by atoms with van der Waals surface area (Å²) in [5.41, 5.74) is 3.72. The summed E-state index contributed by atoms with van der Waals surface area (Å²) in [6.45, 7) is 2.19. The Hall–Kier alpha value is -4.79. The first-order chi connectivity index (χ1) is 19.5. The summed E-state index contributed by atoms with van der Waals surface area (Å²) in [6, 6.07) is 21.3. The molecule has 0 unspecified atom stereocenters. The van der Waals surface area contributed by atoms with E-state index in [4.69, 9.17) is 9.47 Å². The van der Waals surface area contributed by atoms with Gasteiger partial charge in [0.2, 0.25) is 24.5 Å². The lowest BCUT2D eigenvalue weighted by atomic mass is 10.0. The second-order valence-electron chi connectivity index (χ2n) is 9.81. The molecule has 3 amide bonds. The third kappa shape index (κ3) is 6.61. The maximum Gasteiger partial charge on any atom is 0.242 e. The van der Waals surface area contributed by atoms with Crippen LogP contribution in [0.5, 0.6) is 11.5 Å². The van der Waals surface area contributed by atoms with Crippen LogP contribution in [0.1, 0.15) is 23.6 Å². The van der Waals surface area contributed by atoms with Gasteiger partial charge in [-0.1, -0.05) is 54.6 Å². The number of carbonyl (C=O) groups excluding carboxylic acids is 3. The zero-order valence-electron chi connectivity index (χ0n) is 22.2. The molecule has 9 nitrogen and oxygen atoms in total. The Kier molecular flexibility index (Phi) is 8.29. The summed E-state index contributed by atoms with van der Waals surface area (Å²) in [5.74, 6) is 0.187. The number of benzene rings is 3. The number of aromatic nitrogens is 1. The number of nitrogens with one attached hydrogen (secondary N) is 4. The molecule has 4 N–H and O–H groups in total. The highest BCUT2D eigenvalue weighted by Gasteiger charge is 2.26. The lowest BCUT2D eigenvalue weighted by Gasteiger charge is -2.21. The molecule has 0 radical (unpaired) electrons. The number of ether oxygens (including phenoxy) is 2. The van der Waals surface area contributed by atoms with Gasteiger partial charge in [-0.15, -0.1) is 0 Å². The van der Waals surface area contributed by atoms with Gasteiger partial charge in [-0.2, -0.15) is 0 Å². The average molecular weight is 541 g/mol. The second kappa shape index (κ2) is 12.4. The molecule has 3 aromatic carbocycles. The van der Waals surface area contributed by atoms with Crippen molar-refractivity contribution in [2.45, 2.75) is 38.3 Å². The van der Waals surface area contributed by atoms with Gasteiger partial charge in [0, 0.05) is 30.1 Å². The summed E-state index contributed by atoms with van der Waals surface area (Å²) in [4.78, 5) is 42.3. The highest BCUT2D eigenvalue weighted by Crippen LogP contribution is 2.32. The van der Waals surface area contributed by atoms with Crippen LogP contribution in [0.2, 0.25) is 0 Å². The van der Waals surface area contributed by atoms with E-state index in [1.54, 1.807) is 25.1 Å². The largest absolute Gasteiger partial charge is 0.454 e. The van der Waals surface area contributed by atoms with E-state index in [-0.39, 0.29) is 25.0 Å².